The van der Waals surface area contributed by atoms with E-state index < -0.39 is 0 Å². The number of nitrogens with zero attached hydrogens (tertiary/aromatic N) is 2. The van der Waals surface area contributed by atoms with E-state index in [2.05, 4.69) is 4.98 Å². The summed E-state index contributed by atoms with van der Waals surface area (Å²) in [7, 11) is 1.67. The van der Waals surface area contributed by atoms with E-state index in [0.29, 0.717) is 11.4 Å². The van der Waals surface area contributed by atoms with E-state index in [1.165, 1.54) is 6.07 Å². The zero-order valence-corrected chi connectivity index (χ0v) is 12.9. The highest BCUT2D eigenvalue weighted by molar-refractivity contribution is 7.71. The van der Waals surface area contributed by atoms with Crippen LogP contribution in [0.25, 0.3) is 16.6 Å². The number of nitrogens with one attached hydrogen (secondary N) is 1. The van der Waals surface area contributed by atoms with Crippen molar-refractivity contribution >= 4 is 23.1 Å². The lowest BCUT2D eigenvalue weighted by atomic mass is 10.1. The molecule has 3 aromatic rings. The number of methoxy groups -OCH3 is 1. The number of ether oxygens (including phenoxy) is 1. The van der Waals surface area contributed by atoms with Crippen molar-refractivity contribution in [1.29, 1.82) is 0 Å². The van der Waals surface area contributed by atoms with Crippen LogP contribution in [0.2, 0.25) is 0 Å². The van der Waals surface area contributed by atoms with Gasteiger partial charge >= 0.3 is 0 Å². The lowest BCUT2D eigenvalue weighted by molar-refractivity contribution is 0.201. The van der Waals surface area contributed by atoms with Crippen molar-refractivity contribution in [3.8, 4) is 5.69 Å². The summed E-state index contributed by atoms with van der Waals surface area (Å²) in [4.78, 5) is 18.7. The Kier molecular flexibility index (Phi) is 4.13. The van der Waals surface area contributed by atoms with E-state index in [1.54, 1.807) is 17.9 Å². The number of hydrogen-bond acceptors (Lipinski definition) is 4. The molecule has 0 fully saturated rings. The number of benzene rings is 1. The summed E-state index contributed by atoms with van der Waals surface area (Å²) < 4.78 is 7.21. The van der Waals surface area contributed by atoms with Gasteiger partial charge in [-0.05, 0) is 24.4 Å². The van der Waals surface area contributed by atoms with Gasteiger partial charge in [-0.2, -0.15) is 0 Å². The number of H-pyrrole nitrogens is 1. The minimum absolute atomic E-state index is 0.213. The van der Waals surface area contributed by atoms with Gasteiger partial charge in [-0.3, -0.25) is 19.3 Å². The number of para-hydroxylation sites is 1. The van der Waals surface area contributed by atoms with Crippen molar-refractivity contribution in [3.63, 3.8) is 0 Å². The fourth-order valence-electron chi connectivity index (χ4n) is 2.32. The van der Waals surface area contributed by atoms with Crippen LogP contribution in [0.1, 0.15) is 5.69 Å². The molecule has 1 aromatic carbocycles. The second kappa shape index (κ2) is 6.21. The third-order valence-corrected chi connectivity index (χ3v) is 3.70. The Labute approximate surface area is 132 Å². The van der Waals surface area contributed by atoms with E-state index in [0.717, 1.165) is 28.7 Å². The molecule has 2 aromatic heterocycles. The van der Waals surface area contributed by atoms with Crippen molar-refractivity contribution in [1.82, 2.24) is 14.5 Å². The second-order valence-electron chi connectivity index (χ2n) is 4.87. The van der Waals surface area contributed by atoms with Crippen LogP contribution in [-0.2, 0) is 11.2 Å². The maximum atomic E-state index is 11.3. The quantitative estimate of drug-likeness (QED) is 0.752. The first kappa shape index (κ1) is 14.6. The molecule has 0 saturated heterocycles. The highest BCUT2D eigenvalue weighted by Gasteiger charge is 2.06. The van der Waals surface area contributed by atoms with E-state index in [4.69, 9.17) is 21.9 Å². The molecule has 0 spiro atoms. The number of aromatic nitrogens is 3. The van der Waals surface area contributed by atoms with Gasteiger partial charge in [0.05, 0.1) is 17.8 Å². The maximum absolute atomic E-state index is 11.3. The van der Waals surface area contributed by atoms with Gasteiger partial charge in [0, 0.05) is 36.9 Å². The van der Waals surface area contributed by atoms with E-state index in [-0.39, 0.29) is 5.56 Å². The molecular formula is C16H15N3O2S. The first-order valence-electron chi connectivity index (χ1n) is 6.89. The van der Waals surface area contributed by atoms with Gasteiger partial charge in [-0.25, -0.2) is 0 Å². The average Bonchev–Trinajstić information content (AvgIpc) is 2.52. The molecule has 112 valence electrons. The average molecular weight is 313 g/mol. The zero-order valence-electron chi connectivity index (χ0n) is 12.1. The molecule has 22 heavy (non-hydrogen) atoms. The first-order valence-corrected chi connectivity index (χ1v) is 7.30. The molecule has 0 radical (unpaired) electrons. The van der Waals surface area contributed by atoms with Crippen LogP contribution in [0, 0.1) is 4.77 Å². The number of rotatable bonds is 4. The molecule has 0 aliphatic carbocycles. The Morgan fingerprint density at radius 2 is 2.14 bits per heavy atom. The highest BCUT2D eigenvalue weighted by atomic mass is 32.1. The molecular weight excluding hydrogens is 298 g/mol. The molecule has 6 heteroatoms. The summed E-state index contributed by atoms with van der Waals surface area (Å²) in [6.45, 7) is 0.624. The smallest absolute Gasteiger partial charge is 0.251 e. The third kappa shape index (κ3) is 2.84. The summed E-state index contributed by atoms with van der Waals surface area (Å²) in [6, 6.07) is 11.4. The van der Waals surface area contributed by atoms with Crippen molar-refractivity contribution < 1.29 is 4.74 Å². The fraction of sp³-hybridized carbons (Fsp3) is 0.188. The van der Waals surface area contributed by atoms with E-state index in [1.807, 2.05) is 30.3 Å². The Bertz CT molecular complexity index is 930. The SMILES string of the molecule is COCCc1ccc2cccc(-n3ccc(=O)[nH]c3=S)c2n1. The predicted octanol–water partition coefficient (Wildman–Crippen LogP) is 2.63. The van der Waals surface area contributed by atoms with Crippen LogP contribution in [-0.4, -0.2) is 28.3 Å². The zero-order chi connectivity index (χ0) is 15.5. The van der Waals surface area contributed by atoms with Crippen molar-refractivity contribution in [2.24, 2.45) is 0 Å². The standard InChI is InChI=1S/C16H15N3O2S/c1-21-10-8-12-6-5-11-3-2-4-13(15(11)17-12)19-9-7-14(20)18-16(19)22/h2-7,9H,8,10H2,1H3,(H,18,20,22). The van der Waals surface area contributed by atoms with Gasteiger partial charge in [0.2, 0.25) is 0 Å². The normalized spacial score (nSPS) is 11.0. The first-order chi connectivity index (χ1) is 10.7. The molecule has 0 unspecified atom stereocenters. The number of aromatic amines is 1. The molecule has 2 heterocycles. The number of fused-ring (bicyclic) bond motifs is 1. The molecule has 5 nitrogen and oxygen atoms in total. The van der Waals surface area contributed by atoms with Crippen LogP contribution < -0.4 is 5.56 Å². The molecule has 1 N–H and O–H groups in total. The maximum Gasteiger partial charge on any atom is 0.251 e. The minimum Gasteiger partial charge on any atom is -0.384 e. The predicted molar refractivity (Wildman–Crippen MR) is 88.1 cm³/mol. The lowest BCUT2D eigenvalue weighted by Gasteiger charge is -2.10. The summed E-state index contributed by atoms with van der Waals surface area (Å²) in [6.07, 6.45) is 2.41. The van der Waals surface area contributed by atoms with Crippen molar-refractivity contribution in [2.45, 2.75) is 6.42 Å². The molecule has 0 atom stereocenters. The third-order valence-electron chi connectivity index (χ3n) is 3.40. The Hall–Kier alpha value is -2.31. The molecule has 3 rings (SSSR count). The summed E-state index contributed by atoms with van der Waals surface area (Å²) in [5, 5.41) is 1.02. The van der Waals surface area contributed by atoms with Gasteiger partial charge in [-0.1, -0.05) is 18.2 Å². The highest BCUT2D eigenvalue weighted by Crippen LogP contribution is 2.21. The van der Waals surface area contributed by atoms with Crippen LogP contribution in [0.15, 0.2) is 47.4 Å². The summed E-state index contributed by atoms with van der Waals surface area (Å²) in [5.74, 6) is 0. The van der Waals surface area contributed by atoms with Crippen LogP contribution in [0.3, 0.4) is 0 Å². The largest absolute Gasteiger partial charge is 0.384 e. The monoisotopic (exact) mass is 313 g/mol. The Morgan fingerprint density at radius 1 is 1.27 bits per heavy atom. The minimum atomic E-state index is -0.213. The summed E-state index contributed by atoms with van der Waals surface area (Å²) in [5.41, 5.74) is 2.44. The molecule has 0 aliphatic rings. The molecule has 0 aliphatic heterocycles. The van der Waals surface area contributed by atoms with Crippen molar-refractivity contribution in [2.75, 3.05) is 13.7 Å². The Balaban J connectivity index is 2.20. The fourth-order valence-corrected chi connectivity index (χ4v) is 2.58. The van der Waals surface area contributed by atoms with Gasteiger partial charge in [0.1, 0.15) is 0 Å². The lowest BCUT2D eigenvalue weighted by Crippen LogP contribution is -2.10. The Morgan fingerprint density at radius 3 is 2.91 bits per heavy atom. The number of pyridine rings is 1. The van der Waals surface area contributed by atoms with Gasteiger partial charge in [0.25, 0.3) is 5.56 Å². The van der Waals surface area contributed by atoms with Crippen LogP contribution in [0.5, 0.6) is 0 Å². The molecule has 0 saturated carbocycles. The topological polar surface area (TPSA) is 59.9 Å². The van der Waals surface area contributed by atoms with Gasteiger partial charge in [0.15, 0.2) is 4.77 Å². The van der Waals surface area contributed by atoms with Crippen LogP contribution >= 0.6 is 12.2 Å². The van der Waals surface area contributed by atoms with Gasteiger partial charge < -0.3 is 4.74 Å². The van der Waals surface area contributed by atoms with Crippen molar-refractivity contribution in [3.05, 3.63) is 63.4 Å². The van der Waals surface area contributed by atoms with E-state index in [9.17, 15) is 4.79 Å². The van der Waals surface area contributed by atoms with E-state index >= 15 is 0 Å². The van der Waals surface area contributed by atoms with Crippen LogP contribution in [0.4, 0.5) is 0 Å². The molecule has 0 bridgehead atoms. The van der Waals surface area contributed by atoms with Gasteiger partial charge in [-0.15, -0.1) is 0 Å². The number of hydrogen-bond donors (Lipinski definition) is 1. The summed E-state index contributed by atoms with van der Waals surface area (Å²) >= 11 is 5.25. The second-order valence-corrected chi connectivity index (χ2v) is 5.26. The molecule has 0 amide bonds.